The third-order valence-electron chi connectivity index (χ3n) is 4.18. The van der Waals surface area contributed by atoms with E-state index in [1.807, 2.05) is 38.1 Å². The van der Waals surface area contributed by atoms with E-state index in [4.69, 9.17) is 14.2 Å². The lowest BCUT2D eigenvalue weighted by atomic mass is 10.0. The summed E-state index contributed by atoms with van der Waals surface area (Å²) in [5.74, 6) is -0.319. The number of aryl methyl sites for hydroxylation is 1. The second-order valence-corrected chi connectivity index (χ2v) is 6.06. The molecule has 6 heteroatoms. The number of ether oxygens (including phenoxy) is 3. The Bertz CT molecular complexity index is 786. The average molecular weight is 371 g/mol. The van der Waals surface area contributed by atoms with Crippen LogP contribution in [-0.4, -0.2) is 32.7 Å². The number of hydrogen-bond donors (Lipinski definition) is 1. The fourth-order valence-electron chi connectivity index (χ4n) is 2.71. The minimum absolute atomic E-state index is 0.136. The molecule has 0 fully saturated rings. The lowest BCUT2D eigenvalue weighted by molar-refractivity contribution is -0.125. The van der Waals surface area contributed by atoms with Crippen molar-refractivity contribution in [3.63, 3.8) is 0 Å². The maximum Gasteiger partial charge on any atom is 0.342 e. The van der Waals surface area contributed by atoms with Crippen molar-refractivity contribution in [1.29, 1.82) is 0 Å². The van der Waals surface area contributed by atoms with Crippen LogP contribution in [0.5, 0.6) is 11.5 Å². The van der Waals surface area contributed by atoms with Crippen LogP contribution >= 0.6 is 0 Å². The van der Waals surface area contributed by atoms with Crippen LogP contribution in [0, 0.1) is 6.92 Å². The quantitative estimate of drug-likeness (QED) is 0.720. The predicted molar refractivity (Wildman–Crippen MR) is 102 cm³/mol. The SMILES string of the molecule is CC[C@@H](NC(=O)COC(=O)c1cccc(OC)c1OC)c1ccc(C)cc1. The van der Waals surface area contributed by atoms with E-state index < -0.39 is 5.97 Å². The van der Waals surface area contributed by atoms with Gasteiger partial charge in [0.15, 0.2) is 18.1 Å². The zero-order chi connectivity index (χ0) is 19.8. The number of amides is 1. The van der Waals surface area contributed by atoms with Crippen LogP contribution in [0.3, 0.4) is 0 Å². The minimum atomic E-state index is -0.649. The average Bonchev–Trinajstić information content (AvgIpc) is 2.70. The second kappa shape index (κ2) is 9.62. The van der Waals surface area contributed by atoms with Crippen LogP contribution in [0.1, 0.15) is 40.9 Å². The third-order valence-corrected chi connectivity index (χ3v) is 4.18. The Morgan fingerprint density at radius 1 is 1.04 bits per heavy atom. The van der Waals surface area contributed by atoms with Gasteiger partial charge in [0.2, 0.25) is 0 Å². The summed E-state index contributed by atoms with van der Waals surface area (Å²) in [4.78, 5) is 24.5. The molecule has 2 aromatic rings. The van der Waals surface area contributed by atoms with Gasteiger partial charge in [0.05, 0.1) is 20.3 Å². The second-order valence-electron chi connectivity index (χ2n) is 6.06. The van der Waals surface area contributed by atoms with E-state index >= 15 is 0 Å². The van der Waals surface area contributed by atoms with Crippen LogP contribution in [0.15, 0.2) is 42.5 Å². The molecule has 0 bridgehead atoms. The van der Waals surface area contributed by atoms with Gasteiger partial charge >= 0.3 is 5.97 Å². The van der Waals surface area contributed by atoms with Crippen molar-refractivity contribution in [2.45, 2.75) is 26.3 Å². The first-order chi connectivity index (χ1) is 13.0. The molecule has 0 aliphatic heterocycles. The van der Waals surface area contributed by atoms with E-state index in [-0.39, 0.29) is 29.9 Å². The minimum Gasteiger partial charge on any atom is -0.493 e. The molecule has 0 aromatic heterocycles. The molecule has 6 nitrogen and oxygen atoms in total. The number of benzene rings is 2. The summed E-state index contributed by atoms with van der Waals surface area (Å²) in [5, 5.41) is 2.89. The number of carbonyl (C=O) groups excluding carboxylic acids is 2. The Kier molecular flexibility index (Phi) is 7.23. The summed E-state index contributed by atoms with van der Waals surface area (Å²) in [6, 6.07) is 12.7. The van der Waals surface area contributed by atoms with Gasteiger partial charge in [-0.05, 0) is 31.0 Å². The molecule has 1 amide bonds. The molecule has 2 aromatic carbocycles. The first-order valence-electron chi connectivity index (χ1n) is 8.74. The highest BCUT2D eigenvalue weighted by Gasteiger charge is 2.19. The zero-order valence-corrected chi connectivity index (χ0v) is 16.1. The van der Waals surface area contributed by atoms with Gasteiger partial charge in [-0.1, -0.05) is 42.8 Å². The fourth-order valence-corrected chi connectivity index (χ4v) is 2.71. The summed E-state index contributed by atoms with van der Waals surface area (Å²) in [7, 11) is 2.92. The molecule has 27 heavy (non-hydrogen) atoms. The Morgan fingerprint density at radius 3 is 2.33 bits per heavy atom. The standard InChI is InChI=1S/C21H25NO5/c1-5-17(15-11-9-14(2)10-12-15)22-19(23)13-27-21(24)16-7-6-8-18(25-3)20(16)26-4/h6-12,17H,5,13H2,1-4H3,(H,22,23)/t17-/m1/s1. The molecular formula is C21H25NO5. The number of rotatable bonds is 8. The van der Waals surface area contributed by atoms with Crippen LogP contribution in [-0.2, 0) is 9.53 Å². The summed E-state index contributed by atoms with van der Waals surface area (Å²) >= 11 is 0. The monoisotopic (exact) mass is 371 g/mol. The molecule has 1 atom stereocenters. The number of hydrogen-bond acceptors (Lipinski definition) is 5. The molecule has 0 saturated carbocycles. The van der Waals surface area contributed by atoms with Gasteiger partial charge in [-0.25, -0.2) is 4.79 Å². The first-order valence-corrected chi connectivity index (χ1v) is 8.74. The van der Waals surface area contributed by atoms with E-state index in [9.17, 15) is 9.59 Å². The molecule has 0 unspecified atom stereocenters. The molecule has 2 rings (SSSR count). The van der Waals surface area contributed by atoms with E-state index in [0.29, 0.717) is 5.75 Å². The Morgan fingerprint density at radius 2 is 1.74 bits per heavy atom. The lowest BCUT2D eigenvalue weighted by Crippen LogP contribution is -2.32. The van der Waals surface area contributed by atoms with Crippen molar-refractivity contribution in [1.82, 2.24) is 5.32 Å². The summed E-state index contributed by atoms with van der Waals surface area (Å²) < 4.78 is 15.5. The normalized spacial score (nSPS) is 11.4. The highest BCUT2D eigenvalue weighted by atomic mass is 16.5. The number of nitrogens with one attached hydrogen (secondary N) is 1. The topological polar surface area (TPSA) is 73.9 Å². The summed E-state index contributed by atoms with van der Waals surface area (Å²) in [5.41, 5.74) is 2.37. The fraction of sp³-hybridized carbons (Fsp3) is 0.333. The summed E-state index contributed by atoms with van der Waals surface area (Å²) in [6.07, 6.45) is 0.729. The van der Waals surface area contributed by atoms with Gasteiger partial charge in [-0.3, -0.25) is 4.79 Å². The highest BCUT2D eigenvalue weighted by molar-refractivity contribution is 5.95. The lowest BCUT2D eigenvalue weighted by Gasteiger charge is -2.18. The first kappa shape index (κ1) is 20.3. The van der Waals surface area contributed by atoms with Gasteiger partial charge in [0.1, 0.15) is 5.56 Å². The maximum atomic E-state index is 12.3. The number of esters is 1. The number of para-hydroxylation sites is 1. The Hall–Kier alpha value is -3.02. The summed E-state index contributed by atoms with van der Waals surface area (Å²) in [6.45, 7) is 3.62. The maximum absolute atomic E-state index is 12.3. The van der Waals surface area contributed by atoms with Gasteiger partial charge in [-0.2, -0.15) is 0 Å². The molecule has 0 aliphatic rings. The van der Waals surface area contributed by atoms with E-state index in [1.54, 1.807) is 18.2 Å². The van der Waals surface area contributed by atoms with Crippen molar-refractivity contribution >= 4 is 11.9 Å². The molecule has 0 radical (unpaired) electrons. The largest absolute Gasteiger partial charge is 0.493 e. The van der Waals surface area contributed by atoms with Crippen molar-refractivity contribution < 1.29 is 23.8 Å². The molecule has 0 aliphatic carbocycles. The molecule has 1 N–H and O–H groups in total. The van der Waals surface area contributed by atoms with Crippen molar-refractivity contribution in [3.8, 4) is 11.5 Å². The van der Waals surface area contributed by atoms with E-state index in [1.165, 1.54) is 14.2 Å². The van der Waals surface area contributed by atoms with Crippen molar-refractivity contribution in [3.05, 3.63) is 59.2 Å². The smallest absolute Gasteiger partial charge is 0.342 e. The van der Waals surface area contributed by atoms with Gasteiger partial charge in [0.25, 0.3) is 5.91 Å². The van der Waals surface area contributed by atoms with Gasteiger partial charge in [0, 0.05) is 0 Å². The van der Waals surface area contributed by atoms with Crippen LogP contribution in [0.25, 0.3) is 0 Å². The van der Waals surface area contributed by atoms with Gasteiger partial charge < -0.3 is 19.5 Å². The van der Waals surface area contributed by atoms with Crippen LogP contribution in [0.4, 0.5) is 0 Å². The Balaban J connectivity index is 1.98. The van der Waals surface area contributed by atoms with Gasteiger partial charge in [-0.15, -0.1) is 0 Å². The van der Waals surface area contributed by atoms with E-state index in [2.05, 4.69) is 5.32 Å². The highest BCUT2D eigenvalue weighted by Crippen LogP contribution is 2.31. The number of carbonyl (C=O) groups is 2. The molecular weight excluding hydrogens is 346 g/mol. The third kappa shape index (κ3) is 5.23. The molecule has 0 saturated heterocycles. The van der Waals surface area contributed by atoms with E-state index in [0.717, 1.165) is 17.5 Å². The predicted octanol–water partition coefficient (Wildman–Crippen LogP) is 3.44. The molecule has 0 spiro atoms. The molecule has 144 valence electrons. The Labute approximate surface area is 159 Å². The zero-order valence-electron chi connectivity index (χ0n) is 16.1. The van der Waals surface area contributed by atoms with Crippen LogP contribution < -0.4 is 14.8 Å². The van der Waals surface area contributed by atoms with Crippen molar-refractivity contribution in [2.75, 3.05) is 20.8 Å². The molecule has 0 heterocycles. The number of methoxy groups -OCH3 is 2. The van der Waals surface area contributed by atoms with Crippen LogP contribution in [0.2, 0.25) is 0 Å². The van der Waals surface area contributed by atoms with Crippen molar-refractivity contribution in [2.24, 2.45) is 0 Å².